The van der Waals surface area contributed by atoms with Gasteiger partial charge in [0.1, 0.15) is 19.3 Å². The Kier molecular flexibility index (Phi) is 7.21. The first-order valence-electron chi connectivity index (χ1n) is 9.58. The maximum Gasteiger partial charge on any atom is 0.407 e. The molecular formula is C22H25NO6. The summed E-state index contributed by atoms with van der Waals surface area (Å²) in [7, 11) is 0. The smallest absolute Gasteiger partial charge is 0.407 e. The van der Waals surface area contributed by atoms with Gasteiger partial charge in [-0.3, -0.25) is 4.79 Å². The third kappa shape index (κ3) is 5.79. The molecule has 1 amide bonds. The van der Waals surface area contributed by atoms with Crippen molar-refractivity contribution >= 4 is 12.1 Å². The van der Waals surface area contributed by atoms with Crippen molar-refractivity contribution in [3.05, 3.63) is 71.8 Å². The highest BCUT2D eigenvalue weighted by atomic mass is 16.5. The average Bonchev–Trinajstić information content (AvgIpc) is 2.75. The largest absolute Gasteiger partial charge is 0.461 e. The number of amides is 1. The van der Waals surface area contributed by atoms with Crippen LogP contribution in [0.25, 0.3) is 0 Å². The Labute approximate surface area is 169 Å². The first-order valence-corrected chi connectivity index (χ1v) is 9.58. The molecule has 1 saturated carbocycles. The van der Waals surface area contributed by atoms with Gasteiger partial charge in [-0.05, 0) is 24.0 Å². The Morgan fingerprint density at radius 1 is 0.862 bits per heavy atom. The topological polar surface area (TPSA) is 105 Å². The first-order chi connectivity index (χ1) is 14.0. The van der Waals surface area contributed by atoms with Crippen molar-refractivity contribution in [1.29, 1.82) is 0 Å². The normalized spacial score (nSPS) is 23.8. The highest BCUT2D eigenvalue weighted by Crippen LogP contribution is 2.27. The van der Waals surface area contributed by atoms with E-state index < -0.39 is 36.2 Å². The van der Waals surface area contributed by atoms with Gasteiger partial charge in [-0.2, -0.15) is 0 Å². The maximum absolute atomic E-state index is 12.6. The lowest BCUT2D eigenvalue weighted by Gasteiger charge is -2.37. The van der Waals surface area contributed by atoms with E-state index in [1.165, 1.54) is 0 Å². The van der Waals surface area contributed by atoms with Crippen molar-refractivity contribution in [1.82, 2.24) is 5.32 Å². The molecule has 3 N–H and O–H groups in total. The van der Waals surface area contributed by atoms with E-state index >= 15 is 0 Å². The molecule has 2 aromatic rings. The Morgan fingerprint density at radius 3 is 2.00 bits per heavy atom. The lowest BCUT2D eigenvalue weighted by atomic mass is 9.81. The quantitative estimate of drug-likeness (QED) is 0.643. The minimum atomic E-state index is -1.29. The minimum Gasteiger partial charge on any atom is -0.461 e. The predicted molar refractivity (Wildman–Crippen MR) is 105 cm³/mol. The molecule has 0 radical (unpaired) electrons. The molecule has 29 heavy (non-hydrogen) atoms. The number of hydrogen-bond acceptors (Lipinski definition) is 6. The molecule has 0 heterocycles. The van der Waals surface area contributed by atoms with E-state index in [0.717, 1.165) is 11.1 Å². The summed E-state index contributed by atoms with van der Waals surface area (Å²) in [5, 5.41) is 22.9. The lowest BCUT2D eigenvalue weighted by molar-refractivity contribution is -0.156. The molecular weight excluding hydrogens is 374 g/mol. The predicted octanol–water partition coefficient (Wildman–Crippen LogP) is 2.16. The number of ether oxygens (including phenoxy) is 2. The van der Waals surface area contributed by atoms with Crippen LogP contribution in [0, 0.1) is 5.92 Å². The number of aliphatic hydroxyl groups is 2. The highest BCUT2D eigenvalue weighted by molar-refractivity contribution is 5.75. The molecule has 1 aliphatic carbocycles. The van der Waals surface area contributed by atoms with Crippen molar-refractivity contribution in [3.8, 4) is 0 Å². The Bertz CT molecular complexity index is 797. The number of hydrogen-bond donors (Lipinski definition) is 3. The molecule has 2 aromatic carbocycles. The van der Waals surface area contributed by atoms with Gasteiger partial charge in [0.05, 0.1) is 18.1 Å². The second-order valence-corrected chi connectivity index (χ2v) is 7.07. The molecule has 1 aliphatic rings. The van der Waals surface area contributed by atoms with Gasteiger partial charge in [0.25, 0.3) is 0 Å². The number of nitrogens with one attached hydrogen (secondary N) is 1. The number of carbonyl (C=O) groups excluding carboxylic acids is 2. The third-order valence-corrected chi connectivity index (χ3v) is 4.99. The molecule has 1 fully saturated rings. The summed E-state index contributed by atoms with van der Waals surface area (Å²) in [6, 6.07) is 17.4. The van der Waals surface area contributed by atoms with Crippen molar-refractivity contribution in [3.63, 3.8) is 0 Å². The Hall–Kier alpha value is -2.90. The van der Waals surface area contributed by atoms with Crippen LogP contribution in [0.1, 0.15) is 24.0 Å². The van der Waals surface area contributed by atoms with Gasteiger partial charge in [0, 0.05) is 0 Å². The zero-order valence-electron chi connectivity index (χ0n) is 15.9. The zero-order chi connectivity index (χ0) is 20.6. The molecule has 3 rings (SSSR count). The van der Waals surface area contributed by atoms with Crippen LogP contribution in [0.2, 0.25) is 0 Å². The molecule has 7 heteroatoms. The Morgan fingerprint density at radius 2 is 1.41 bits per heavy atom. The summed E-state index contributed by atoms with van der Waals surface area (Å²) in [5.41, 5.74) is 1.65. The first kappa shape index (κ1) is 20.8. The second-order valence-electron chi connectivity index (χ2n) is 7.07. The molecule has 0 bridgehead atoms. The van der Waals surface area contributed by atoms with Crippen LogP contribution in [-0.2, 0) is 27.5 Å². The van der Waals surface area contributed by atoms with Crippen LogP contribution < -0.4 is 5.32 Å². The van der Waals surface area contributed by atoms with Gasteiger partial charge in [-0.15, -0.1) is 0 Å². The van der Waals surface area contributed by atoms with Gasteiger partial charge in [0.2, 0.25) is 0 Å². The molecule has 0 saturated heterocycles. The number of carbonyl (C=O) groups is 2. The molecule has 4 atom stereocenters. The fourth-order valence-corrected chi connectivity index (χ4v) is 3.37. The maximum atomic E-state index is 12.6. The fraction of sp³-hybridized carbons (Fsp3) is 0.364. The van der Waals surface area contributed by atoms with Crippen LogP contribution in [0.5, 0.6) is 0 Å². The molecule has 7 nitrogen and oxygen atoms in total. The minimum absolute atomic E-state index is 0.0567. The lowest BCUT2D eigenvalue weighted by Crippen LogP contribution is -2.57. The zero-order valence-corrected chi connectivity index (χ0v) is 15.9. The third-order valence-electron chi connectivity index (χ3n) is 4.99. The van der Waals surface area contributed by atoms with Crippen LogP contribution in [0.4, 0.5) is 4.79 Å². The molecule has 154 valence electrons. The van der Waals surface area contributed by atoms with Crippen molar-refractivity contribution in [2.45, 2.75) is 44.3 Å². The van der Waals surface area contributed by atoms with Gasteiger partial charge < -0.3 is 25.0 Å². The van der Waals surface area contributed by atoms with E-state index in [9.17, 15) is 19.8 Å². The summed E-state index contributed by atoms with van der Waals surface area (Å²) >= 11 is 0. The summed E-state index contributed by atoms with van der Waals surface area (Å²) < 4.78 is 10.5. The monoisotopic (exact) mass is 399 g/mol. The van der Waals surface area contributed by atoms with E-state index in [1.54, 1.807) is 0 Å². The summed E-state index contributed by atoms with van der Waals surface area (Å²) in [6.07, 6.45) is -2.57. The summed E-state index contributed by atoms with van der Waals surface area (Å²) in [6.45, 7) is 0.154. The van der Waals surface area contributed by atoms with E-state index in [4.69, 9.17) is 9.47 Å². The van der Waals surface area contributed by atoms with E-state index in [2.05, 4.69) is 5.32 Å². The van der Waals surface area contributed by atoms with Gasteiger partial charge in [0.15, 0.2) is 0 Å². The second kappa shape index (κ2) is 10.0. The summed E-state index contributed by atoms with van der Waals surface area (Å²) in [4.78, 5) is 24.8. The van der Waals surface area contributed by atoms with Crippen molar-refractivity contribution < 1.29 is 29.3 Å². The number of rotatable bonds is 6. The molecule has 0 aliphatic heterocycles. The number of benzene rings is 2. The highest BCUT2D eigenvalue weighted by Gasteiger charge is 2.43. The van der Waals surface area contributed by atoms with Crippen LogP contribution in [0.3, 0.4) is 0 Å². The standard InChI is InChI=1S/C22H25NO6/c24-18-12-11-17(21(26)28-13-15-7-3-1-4-8-15)19(20(18)25)23-22(27)29-14-16-9-5-2-6-10-16/h1-10,17-20,24-25H,11-14H2,(H,23,27)/t17-,18-,19-,20-/m0/s1. The number of esters is 1. The van der Waals surface area contributed by atoms with Gasteiger partial charge in [-0.25, -0.2) is 4.79 Å². The van der Waals surface area contributed by atoms with Gasteiger partial charge >= 0.3 is 12.1 Å². The fourth-order valence-electron chi connectivity index (χ4n) is 3.37. The van der Waals surface area contributed by atoms with E-state index in [1.807, 2.05) is 60.7 Å². The number of aliphatic hydroxyl groups excluding tert-OH is 2. The molecule has 0 unspecified atom stereocenters. The van der Waals surface area contributed by atoms with Crippen LogP contribution >= 0.6 is 0 Å². The number of alkyl carbamates (subject to hydrolysis) is 1. The summed E-state index contributed by atoms with van der Waals surface area (Å²) in [5.74, 6) is -1.31. The SMILES string of the molecule is O=C(N[C@@H]1[C@@H](O)[C@@H](O)CC[C@@H]1C(=O)OCc1ccccc1)OCc1ccccc1. The Balaban J connectivity index is 1.59. The van der Waals surface area contributed by atoms with Crippen molar-refractivity contribution in [2.24, 2.45) is 5.92 Å². The molecule has 0 aromatic heterocycles. The van der Waals surface area contributed by atoms with Crippen molar-refractivity contribution in [2.75, 3.05) is 0 Å². The van der Waals surface area contributed by atoms with E-state index in [0.29, 0.717) is 0 Å². The van der Waals surface area contributed by atoms with Gasteiger partial charge in [-0.1, -0.05) is 60.7 Å². The van der Waals surface area contributed by atoms with E-state index in [-0.39, 0.29) is 26.1 Å². The van der Waals surface area contributed by atoms with Crippen LogP contribution in [-0.4, -0.2) is 40.5 Å². The average molecular weight is 399 g/mol. The molecule has 0 spiro atoms. The van der Waals surface area contributed by atoms with Crippen LogP contribution in [0.15, 0.2) is 60.7 Å².